The van der Waals surface area contributed by atoms with E-state index in [4.69, 9.17) is 9.26 Å². The minimum absolute atomic E-state index is 0.214. The maximum Gasteiger partial charge on any atom is 0.407 e. The van der Waals surface area contributed by atoms with Crippen molar-refractivity contribution in [2.24, 2.45) is 0 Å². The predicted octanol–water partition coefficient (Wildman–Crippen LogP) is 3.23. The fraction of sp³-hybridized carbons (Fsp3) is 0.714. The van der Waals surface area contributed by atoms with Gasteiger partial charge in [0.1, 0.15) is 11.9 Å². The Kier molecular flexibility index (Phi) is 4.12. The van der Waals surface area contributed by atoms with Crippen molar-refractivity contribution in [3.63, 3.8) is 0 Å². The van der Waals surface area contributed by atoms with Crippen LogP contribution in [0.3, 0.4) is 0 Å². The zero-order chi connectivity index (χ0) is 13.9. The smallest absolute Gasteiger partial charge is 0.407 e. The Balaban J connectivity index is 1.76. The molecule has 0 radical (unpaired) electrons. The zero-order valence-electron chi connectivity index (χ0n) is 11.8. The number of nitrogens with zero attached hydrogens (tertiary/aromatic N) is 1. The van der Waals surface area contributed by atoms with E-state index in [2.05, 4.69) is 10.5 Å². The molecule has 0 bridgehead atoms. The average Bonchev–Trinajstić information content (AvgIpc) is 2.80. The van der Waals surface area contributed by atoms with Crippen molar-refractivity contribution in [2.45, 2.75) is 64.0 Å². The van der Waals surface area contributed by atoms with Gasteiger partial charge in [-0.3, -0.25) is 0 Å². The molecule has 0 spiro atoms. The Morgan fingerprint density at radius 2 is 2.05 bits per heavy atom. The Bertz CT molecular complexity index is 401. The lowest BCUT2D eigenvalue weighted by molar-refractivity contribution is 0.0491. The van der Waals surface area contributed by atoms with Crippen LogP contribution >= 0.6 is 0 Å². The monoisotopic (exact) mass is 266 g/mol. The lowest BCUT2D eigenvalue weighted by Crippen LogP contribution is -2.40. The molecule has 1 aromatic rings. The van der Waals surface area contributed by atoms with Gasteiger partial charge in [-0.1, -0.05) is 5.16 Å². The molecule has 1 heterocycles. The van der Waals surface area contributed by atoms with E-state index < -0.39 is 5.60 Å². The topological polar surface area (TPSA) is 64.4 Å². The molecule has 0 aromatic carbocycles. The van der Waals surface area contributed by atoms with Crippen molar-refractivity contribution in [3.05, 3.63) is 18.0 Å². The molecule has 1 fully saturated rings. The van der Waals surface area contributed by atoms with Crippen molar-refractivity contribution in [1.82, 2.24) is 10.5 Å². The van der Waals surface area contributed by atoms with Crippen molar-refractivity contribution < 1.29 is 14.1 Å². The Hall–Kier alpha value is -1.52. The fourth-order valence-corrected chi connectivity index (χ4v) is 2.46. The predicted molar refractivity (Wildman–Crippen MR) is 70.9 cm³/mol. The summed E-state index contributed by atoms with van der Waals surface area (Å²) in [5.41, 5.74) is 0.722. The van der Waals surface area contributed by atoms with E-state index in [9.17, 15) is 4.79 Å². The van der Waals surface area contributed by atoms with Crippen LogP contribution in [0.15, 0.2) is 17.0 Å². The van der Waals surface area contributed by atoms with Crippen LogP contribution in [0.1, 0.15) is 57.9 Å². The molecule has 1 aliphatic carbocycles. The van der Waals surface area contributed by atoms with Gasteiger partial charge in [-0.05, 0) is 52.4 Å². The molecule has 1 aliphatic rings. The third kappa shape index (κ3) is 4.26. The highest BCUT2D eigenvalue weighted by Gasteiger charge is 2.26. The number of ether oxygens (including phenoxy) is 1. The minimum Gasteiger partial charge on any atom is -0.444 e. The van der Waals surface area contributed by atoms with Crippen LogP contribution in [0.2, 0.25) is 0 Å². The summed E-state index contributed by atoms with van der Waals surface area (Å²) in [7, 11) is 0. The third-order valence-corrected chi connectivity index (χ3v) is 3.37. The molecular weight excluding hydrogens is 244 g/mol. The van der Waals surface area contributed by atoms with E-state index in [0.29, 0.717) is 5.92 Å². The molecule has 2 rings (SSSR count). The summed E-state index contributed by atoms with van der Waals surface area (Å²) in [4.78, 5) is 11.7. The van der Waals surface area contributed by atoms with Crippen molar-refractivity contribution >= 4 is 6.09 Å². The molecule has 0 atom stereocenters. The lowest BCUT2D eigenvalue weighted by Gasteiger charge is -2.29. The van der Waals surface area contributed by atoms with Gasteiger partial charge in [-0.2, -0.15) is 0 Å². The van der Waals surface area contributed by atoms with E-state index >= 15 is 0 Å². The van der Waals surface area contributed by atoms with Gasteiger partial charge in [0.25, 0.3) is 0 Å². The number of carbonyl (C=O) groups is 1. The van der Waals surface area contributed by atoms with Gasteiger partial charge in [-0.15, -0.1) is 0 Å². The van der Waals surface area contributed by atoms with Crippen LogP contribution in [0.25, 0.3) is 0 Å². The molecule has 0 saturated heterocycles. The maximum atomic E-state index is 11.7. The number of alkyl carbamates (subject to hydrolysis) is 1. The first kappa shape index (κ1) is 13.9. The number of aromatic nitrogens is 1. The minimum atomic E-state index is -0.441. The van der Waals surface area contributed by atoms with Crippen LogP contribution in [0.5, 0.6) is 0 Å². The molecule has 0 unspecified atom stereocenters. The number of nitrogens with one attached hydrogen (secondary N) is 1. The first-order valence-electron chi connectivity index (χ1n) is 6.83. The van der Waals surface area contributed by atoms with Gasteiger partial charge in [0.05, 0.1) is 6.20 Å². The van der Waals surface area contributed by atoms with Crippen LogP contribution in [-0.2, 0) is 4.74 Å². The number of amides is 1. The summed E-state index contributed by atoms with van der Waals surface area (Å²) in [6.07, 6.45) is 7.20. The molecule has 19 heavy (non-hydrogen) atoms. The van der Waals surface area contributed by atoms with E-state index in [1.54, 1.807) is 12.5 Å². The van der Waals surface area contributed by atoms with Crippen LogP contribution in [-0.4, -0.2) is 22.9 Å². The van der Waals surface area contributed by atoms with E-state index in [1.165, 1.54) is 0 Å². The summed E-state index contributed by atoms with van der Waals surface area (Å²) < 4.78 is 10.1. The second kappa shape index (κ2) is 5.63. The molecule has 1 amide bonds. The summed E-state index contributed by atoms with van der Waals surface area (Å²) in [5, 5.41) is 6.68. The highest BCUT2D eigenvalue weighted by Crippen LogP contribution is 2.32. The van der Waals surface area contributed by atoms with E-state index in [0.717, 1.165) is 31.2 Å². The normalized spacial score (nSPS) is 23.9. The van der Waals surface area contributed by atoms with Crippen molar-refractivity contribution in [2.75, 3.05) is 0 Å². The first-order chi connectivity index (χ1) is 8.94. The number of carbonyl (C=O) groups excluding carboxylic acids is 1. The van der Waals surface area contributed by atoms with Crippen LogP contribution in [0.4, 0.5) is 4.79 Å². The Labute approximate surface area is 113 Å². The van der Waals surface area contributed by atoms with Crippen LogP contribution in [0, 0.1) is 0 Å². The first-order valence-corrected chi connectivity index (χ1v) is 6.83. The second-order valence-corrected chi connectivity index (χ2v) is 6.15. The number of hydrogen-bond donors (Lipinski definition) is 1. The largest absolute Gasteiger partial charge is 0.444 e. The molecule has 5 heteroatoms. The lowest BCUT2D eigenvalue weighted by atomic mass is 9.83. The van der Waals surface area contributed by atoms with E-state index in [-0.39, 0.29) is 12.1 Å². The third-order valence-electron chi connectivity index (χ3n) is 3.37. The fourth-order valence-electron chi connectivity index (χ4n) is 2.46. The van der Waals surface area contributed by atoms with Crippen LogP contribution < -0.4 is 5.32 Å². The summed E-state index contributed by atoms with van der Waals surface area (Å²) in [6, 6.07) is 0.214. The standard InChI is InChI=1S/C14H22N2O3/c1-14(2,3)19-13(17)16-12-6-4-10(5-7-12)11-8-15-18-9-11/h8-10,12H,4-7H2,1-3H3,(H,16,17). The molecule has 5 nitrogen and oxygen atoms in total. The molecular formula is C14H22N2O3. The zero-order valence-corrected chi connectivity index (χ0v) is 11.8. The highest BCUT2D eigenvalue weighted by atomic mass is 16.6. The van der Waals surface area contributed by atoms with Gasteiger partial charge < -0.3 is 14.6 Å². The van der Waals surface area contributed by atoms with Gasteiger partial charge in [0.15, 0.2) is 0 Å². The Morgan fingerprint density at radius 3 is 2.58 bits per heavy atom. The number of hydrogen-bond acceptors (Lipinski definition) is 4. The van der Waals surface area contributed by atoms with Gasteiger partial charge >= 0.3 is 6.09 Å². The van der Waals surface area contributed by atoms with Gasteiger partial charge in [-0.25, -0.2) is 4.79 Å². The Morgan fingerprint density at radius 1 is 1.37 bits per heavy atom. The molecule has 106 valence electrons. The molecule has 1 saturated carbocycles. The summed E-state index contributed by atoms with van der Waals surface area (Å²) in [6.45, 7) is 5.61. The second-order valence-electron chi connectivity index (χ2n) is 6.15. The molecule has 1 N–H and O–H groups in total. The average molecular weight is 266 g/mol. The molecule has 0 aliphatic heterocycles. The highest BCUT2D eigenvalue weighted by molar-refractivity contribution is 5.68. The number of rotatable bonds is 2. The van der Waals surface area contributed by atoms with E-state index in [1.807, 2.05) is 20.8 Å². The summed E-state index contributed by atoms with van der Waals surface area (Å²) in [5.74, 6) is 0.503. The van der Waals surface area contributed by atoms with Gasteiger partial charge in [0.2, 0.25) is 0 Å². The SMILES string of the molecule is CC(C)(C)OC(=O)NC1CCC(c2cnoc2)CC1. The quantitative estimate of drug-likeness (QED) is 0.892. The summed E-state index contributed by atoms with van der Waals surface area (Å²) >= 11 is 0. The molecule has 1 aromatic heterocycles. The van der Waals surface area contributed by atoms with Gasteiger partial charge in [0, 0.05) is 11.6 Å². The maximum absolute atomic E-state index is 11.7. The van der Waals surface area contributed by atoms with Crippen molar-refractivity contribution in [1.29, 1.82) is 0 Å². The van der Waals surface area contributed by atoms with Crippen molar-refractivity contribution in [3.8, 4) is 0 Å².